The van der Waals surface area contributed by atoms with Crippen molar-refractivity contribution in [2.75, 3.05) is 13.7 Å². The van der Waals surface area contributed by atoms with Crippen molar-refractivity contribution in [3.63, 3.8) is 0 Å². The minimum absolute atomic E-state index is 0.0310. The molecule has 1 spiro atoms. The molecule has 1 aliphatic carbocycles. The van der Waals surface area contributed by atoms with Crippen molar-refractivity contribution in [1.29, 1.82) is 0 Å². The number of esters is 1. The zero-order chi connectivity index (χ0) is 22.0. The number of hydrogen-bond donors (Lipinski definition) is 1. The van der Waals surface area contributed by atoms with Crippen LogP contribution in [-0.2, 0) is 20.9 Å². The quantitative estimate of drug-likeness (QED) is 0.543. The van der Waals surface area contributed by atoms with Crippen molar-refractivity contribution in [2.24, 2.45) is 5.92 Å². The molecule has 0 unspecified atom stereocenters. The third kappa shape index (κ3) is 4.27. The summed E-state index contributed by atoms with van der Waals surface area (Å²) in [6.07, 6.45) is 2.97. The Kier molecular flexibility index (Phi) is 5.95. The molecule has 2 aliphatic rings. The van der Waals surface area contributed by atoms with Crippen LogP contribution < -0.4 is 10.1 Å². The molecule has 1 aliphatic heterocycles. The summed E-state index contributed by atoms with van der Waals surface area (Å²) in [6, 6.07) is 7.02. The van der Waals surface area contributed by atoms with Crippen molar-refractivity contribution < 1.29 is 23.9 Å². The largest absolute Gasteiger partial charge is 0.496 e. The van der Waals surface area contributed by atoms with Gasteiger partial charge in [-0.3, -0.25) is 14.5 Å². The number of thiazole rings is 1. The van der Waals surface area contributed by atoms with Crippen LogP contribution in [0.1, 0.15) is 38.3 Å². The normalized spacial score (nSPS) is 23.2. The molecule has 1 saturated carbocycles. The fourth-order valence-corrected chi connectivity index (χ4v) is 4.90. The SMILES string of the molecule is COc1ccccc1-c1nc(COC(=O)CN2C(=O)NC3(CCC(C)CC3)C2=O)cs1. The summed E-state index contributed by atoms with van der Waals surface area (Å²) in [5, 5.41) is 5.37. The van der Waals surface area contributed by atoms with Crippen molar-refractivity contribution in [2.45, 2.75) is 44.8 Å². The molecule has 0 atom stereocenters. The first-order valence-corrected chi connectivity index (χ1v) is 11.2. The third-order valence-corrected chi connectivity index (χ3v) is 6.86. The van der Waals surface area contributed by atoms with Crippen LogP contribution >= 0.6 is 11.3 Å². The summed E-state index contributed by atoms with van der Waals surface area (Å²) in [6.45, 7) is 1.71. The fraction of sp³-hybridized carbons (Fsp3) is 0.455. The summed E-state index contributed by atoms with van der Waals surface area (Å²) < 4.78 is 10.6. The highest BCUT2D eigenvalue weighted by atomic mass is 32.1. The first-order chi connectivity index (χ1) is 14.9. The monoisotopic (exact) mass is 443 g/mol. The maximum atomic E-state index is 12.8. The van der Waals surface area contributed by atoms with Crippen LogP contribution in [0.4, 0.5) is 4.79 Å². The highest BCUT2D eigenvalue weighted by Crippen LogP contribution is 2.36. The maximum absolute atomic E-state index is 12.8. The number of methoxy groups -OCH3 is 1. The summed E-state index contributed by atoms with van der Waals surface area (Å²) >= 11 is 1.42. The van der Waals surface area contributed by atoms with Crippen LogP contribution in [0.15, 0.2) is 29.6 Å². The van der Waals surface area contributed by atoms with E-state index in [-0.39, 0.29) is 12.5 Å². The van der Waals surface area contributed by atoms with E-state index in [1.807, 2.05) is 24.3 Å². The third-order valence-electron chi connectivity index (χ3n) is 5.93. The van der Waals surface area contributed by atoms with Gasteiger partial charge in [0.2, 0.25) is 0 Å². The number of hydrogen-bond acceptors (Lipinski definition) is 7. The molecule has 0 bridgehead atoms. The molecule has 2 aromatic rings. The molecule has 2 heterocycles. The van der Waals surface area contributed by atoms with E-state index in [9.17, 15) is 14.4 Å². The summed E-state index contributed by atoms with van der Waals surface area (Å²) in [5.74, 6) is 0.281. The fourth-order valence-electron chi connectivity index (χ4n) is 4.06. The second kappa shape index (κ2) is 8.66. The van der Waals surface area contributed by atoms with E-state index in [2.05, 4.69) is 17.2 Å². The van der Waals surface area contributed by atoms with Crippen LogP contribution in [0.5, 0.6) is 5.75 Å². The van der Waals surface area contributed by atoms with Gasteiger partial charge < -0.3 is 14.8 Å². The van der Waals surface area contributed by atoms with Gasteiger partial charge in [0.05, 0.1) is 18.4 Å². The van der Waals surface area contributed by atoms with Gasteiger partial charge in [0.1, 0.15) is 29.4 Å². The Morgan fingerprint density at radius 3 is 2.77 bits per heavy atom. The highest BCUT2D eigenvalue weighted by molar-refractivity contribution is 7.13. The van der Waals surface area contributed by atoms with Gasteiger partial charge in [0.25, 0.3) is 5.91 Å². The zero-order valence-electron chi connectivity index (χ0n) is 17.6. The molecule has 1 N–H and O–H groups in total. The van der Waals surface area contributed by atoms with Crippen LogP contribution in [0.2, 0.25) is 0 Å². The molecule has 1 aromatic heterocycles. The maximum Gasteiger partial charge on any atom is 0.326 e. The number of amides is 3. The van der Waals surface area contributed by atoms with Crippen molar-refractivity contribution in [3.8, 4) is 16.3 Å². The Hall–Kier alpha value is -2.94. The summed E-state index contributed by atoms with van der Waals surface area (Å²) in [4.78, 5) is 43.0. The standard InChI is InChI=1S/C22H25N3O5S/c1-14-7-9-22(10-8-14)20(27)25(21(28)24-22)11-18(26)30-12-15-13-31-19(23-15)16-5-3-4-6-17(16)29-2/h3-6,13-14H,7-12H2,1-2H3,(H,24,28). The van der Waals surface area contributed by atoms with E-state index < -0.39 is 24.1 Å². The van der Waals surface area contributed by atoms with E-state index in [0.717, 1.165) is 28.3 Å². The Bertz CT molecular complexity index is 997. The number of nitrogens with zero attached hydrogens (tertiary/aromatic N) is 2. The molecule has 8 nitrogen and oxygen atoms in total. The van der Waals surface area contributed by atoms with E-state index in [1.54, 1.807) is 12.5 Å². The molecular weight excluding hydrogens is 418 g/mol. The minimum Gasteiger partial charge on any atom is -0.496 e. The van der Waals surface area contributed by atoms with Gasteiger partial charge in [0, 0.05) is 5.38 Å². The van der Waals surface area contributed by atoms with Crippen LogP contribution in [0, 0.1) is 5.92 Å². The lowest BCUT2D eigenvalue weighted by molar-refractivity contribution is -0.149. The number of rotatable bonds is 6. The van der Waals surface area contributed by atoms with Gasteiger partial charge in [-0.2, -0.15) is 0 Å². The number of benzene rings is 1. The number of ether oxygens (including phenoxy) is 2. The zero-order valence-corrected chi connectivity index (χ0v) is 18.4. The average molecular weight is 444 g/mol. The second-order valence-corrected chi connectivity index (χ2v) is 8.95. The Balaban J connectivity index is 1.34. The minimum atomic E-state index is -0.859. The summed E-state index contributed by atoms with van der Waals surface area (Å²) in [7, 11) is 1.60. The van der Waals surface area contributed by atoms with Gasteiger partial charge >= 0.3 is 12.0 Å². The van der Waals surface area contributed by atoms with Gasteiger partial charge in [0.15, 0.2) is 0 Å². The highest BCUT2D eigenvalue weighted by Gasteiger charge is 2.52. The Morgan fingerprint density at radius 1 is 1.29 bits per heavy atom. The molecule has 1 aromatic carbocycles. The van der Waals surface area contributed by atoms with Gasteiger partial charge in [-0.1, -0.05) is 19.1 Å². The van der Waals surface area contributed by atoms with Crippen molar-refractivity contribution >= 4 is 29.2 Å². The molecule has 9 heteroatoms. The molecule has 0 radical (unpaired) electrons. The lowest BCUT2D eigenvalue weighted by atomic mass is 9.77. The van der Waals surface area contributed by atoms with Crippen molar-refractivity contribution in [1.82, 2.24) is 15.2 Å². The van der Waals surface area contributed by atoms with Gasteiger partial charge in [-0.05, 0) is 43.7 Å². The van der Waals surface area contributed by atoms with E-state index >= 15 is 0 Å². The number of carbonyl (C=O) groups is 3. The van der Waals surface area contributed by atoms with E-state index in [0.29, 0.717) is 30.2 Å². The first-order valence-electron chi connectivity index (χ1n) is 10.3. The lowest BCUT2D eigenvalue weighted by Gasteiger charge is -2.33. The number of carbonyl (C=O) groups excluding carboxylic acids is 3. The number of nitrogens with one attached hydrogen (secondary N) is 1. The smallest absolute Gasteiger partial charge is 0.326 e. The first kappa shape index (κ1) is 21.3. The molecular formula is C22H25N3O5S. The lowest BCUT2D eigenvalue weighted by Crippen LogP contribution is -2.49. The molecule has 4 rings (SSSR count). The second-order valence-electron chi connectivity index (χ2n) is 8.09. The van der Waals surface area contributed by atoms with E-state index in [1.165, 1.54) is 11.3 Å². The summed E-state index contributed by atoms with van der Waals surface area (Å²) in [5.41, 5.74) is 0.593. The Labute approximate surface area is 184 Å². The van der Waals surface area contributed by atoms with Crippen LogP contribution in [0.25, 0.3) is 10.6 Å². The number of urea groups is 1. The van der Waals surface area contributed by atoms with E-state index in [4.69, 9.17) is 9.47 Å². The predicted octanol–water partition coefficient (Wildman–Crippen LogP) is 3.36. The average Bonchev–Trinajstić information content (AvgIpc) is 3.33. The molecule has 2 fully saturated rings. The van der Waals surface area contributed by atoms with Crippen molar-refractivity contribution in [3.05, 3.63) is 35.3 Å². The number of para-hydroxylation sites is 1. The molecule has 164 valence electrons. The molecule has 3 amide bonds. The number of aromatic nitrogens is 1. The number of imide groups is 1. The molecule has 1 saturated heterocycles. The predicted molar refractivity (Wildman–Crippen MR) is 115 cm³/mol. The van der Waals surface area contributed by atoms with Crippen LogP contribution in [-0.4, -0.2) is 47.0 Å². The topological polar surface area (TPSA) is 97.8 Å². The van der Waals surface area contributed by atoms with Gasteiger partial charge in [-0.25, -0.2) is 9.78 Å². The van der Waals surface area contributed by atoms with Crippen LogP contribution in [0.3, 0.4) is 0 Å². The molecule has 31 heavy (non-hydrogen) atoms. The van der Waals surface area contributed by atoms with Gasteiger partial charge in [-0.15, -0.1) is 11.3 Å². The Morgan fingerprint density at radius 2 is 2.03 bits per heavy atom.